The summed E-state index contributed by atoms with van der Waals surface area (Å²) in [5.74, 6) is -0.972. The van der Waals surface area contributed by atoms with Crippen LogP contribution in [0.15, 0.2) is 10.6 Å². The molecule has 0 aromatic rings. The zero-order valence-electron chi connectivity index (χ0n) is 7.24. The van der Waals surface area contributed by atoms with Crippen molar-refractivity contribution < 1.29 is 19.0 Å². The molecule has 5 heteroatoms. The third-order valence-electron chi connectivity index (χ3n) is 2.35. The summed E-state index contributed by atoms with van der Waals surface area (Å²) < 4.78 is 16.2. The van der Waals surface area contributed by atoms with E-state index in [-0.39, 0.29) is 18.0 Å². The van der Waals surface area contributed by atoms with Gasteiger partial charge >= 0.3 is 0 Å². The molecule has 2 unspecified atom stereocenters. The molecule has 4 nitrogen and oxygen atoms in total. The number of hydrogen-bond acceptors (Lipinski definition) is 4. The van der Waals surface area contributed by atoms with Crippen LogP contribution in [0.5, 0.6) is 0 Å². The minimum Gasteiger partial charge on any atom is -0.355 e. The van der Waals surface area contributed by atoms with Crippen molar-refractivity contribution in [1.82, 2.24) is 0 Å². The zero-order chi connectivity index (χ0) is 9.64. The Morgan fingerprint density at radius 3 is 2.69 bits per heavy atom. The van der Waals surface area contributed by atoms with Gasteiger partial charge < -0.3 is 14.2 Å². The quantitative estimate of drug-likeness (QED) is 0.531. The summed E-state index contributed by atoms with van der Waals surface area (Å²) in [6, 6.07) is 0. The average molecular weight is 249 g/mol. The van der Waals surface area contributed by atoms with Crippen molar-refractivity contribution in [2.24, 2.45) is 0 Å². The molecule has 2 rings (SSSR count). The molecule has 0 aromatic carbocycles. The molecule has 0 radical (unpaired) electrons. The van der Waals surface area contributed by atoms with Crippen LogP contribution < -0.4 is 0 Å². The zero-order valence-corrected chi connectivity index (χ0v) is 8.83. The van der Waals surface area contributed by atoms with E-state index in [1.54, 1.807) is 0 Å². The van der Waals surface area contributed by atoms with Crippen LogP contribution in [0.4, 0.5) is 0 Å². The second-order valence-corrected chi connectivity index (χ2v) is 3.80. The highest BCUT2D eigenvalue weighted by atomic mass is 79.9. The number of fused-ring (bicyclic) bond motifs is 1. The van der Waals surface area contributed by atoms with Gasteiger partial charge in [-0.05, 0) is 22.0 Å². The van der Waals surface area contributed by atoms with E-state index in [1.165, 1.54) is 20.3 Å². The van der Waals surface area contributed by atoms with Crippen LogP contribution in [0.1, 0.15) is 0 Å². The standard InChI is InChI=1S/C8H9BrO4/c1-11-8(12-2)5(9)3-4(10)6-7(8)13-6/h3,6-7H,1-2H3. The predicted octanol–water partition coefficient (Wildman–Crippen LogP) is 0.604. The van der Waals surface area contributed by atoms with Crippen molar-refractivity contribution in [3.8, 4) is 0 Å². The summed E-state index contributed by atoms with van der Waals surface area (Å²) in [5.41, 5.74) is 0. The molecule has 13 heavy (non-hydrogen) atoms. The lowest BCUT2D eigenvalue weighted by Gasteiger charge is -2.30. The van der Waals surface area contributed by atoms with Gasteiger partial charge in [0, 0.05) is 14.2 Å². The summed E-state index contributed by atoms with van der Waals surface area (Å²) in [5, 5.41) is 0. The molecule has 1 aliphatic heterocycles. The first-order valence-electron chi connectivity index (χ1n) is 3.83. The molecular formula is C8H9BrO4. The summed E-state index contributed by atoms with van der Waals surface area (Å²) in [7, 11) is 3.04. The Bertz CT molecular complexity index is 282. The molecule has 0 spiro atoms. The Hall–Kier alpha value is -0.230. The number of halogens is 1. The van der Waals surface area contributed by atoms with Crippen molar-refractivity contribution in [2.45, 2.75) is 18.0 Å². The normalized spacial score (nSPS) is 35.3. The molecule has 0 N–H and O–H groups in total. The van der Waals surface area contributed by atoms with Crippen LogP contribution in [0.3, 0.4) is 0 Å². The molecule has 0 saturated carbocycles. The summed E-state index contributed by atoms with van der Waals surface area (Å²) in [6.07, 6.45) is 0.747. The summed E-state index contributed by atoms with van der Waals surface area (Å²) >= 11 is 3.25. The Morgan fingerprint density at radius 1 is 1.54 bits per heavy atom. The van der Waals surface area contributed by atoms with Crippen LogP contribution >= 0.6 is 15.9 Å². The van der Waals surface area contributed by atoms with E-state index in [4.69, 9.17) is 14.2 Å². The molecule has 1 aliphatic carbocycles. The van der Waals surface area contributed by atoms with E-state index in [0.29, 0.717) is 4.48 Å². The minimum absolute atomic E-state index is 0.0402. The average Bonchev–Trinajstić information content (AvgIpc) is 2.87. The molecule has 1 saturated heterocycles. The van der Waals surface area contributed by atoms with E-state index in [2.05, 4.69) is 15.9 Å². The van der Waals surface area contributed by atoms with Gasteiger partial charge in [0.15, 0.2) is 18.0 Å². The second-order valence-electron chi connectivity index (χ2n) is 2.95. The first-order chi connectivity index (χ1) is 6.15. The first-order valence-corrected chi connectivity index (χ1v) is 4.62. The third kappa shape index (κ3) is 1.11. The molecule has 72 valence electrons. The largest absolute Gasteiger partial charge is 0.355 e. The monoisotopic (exact) mass is 248 g/mol. The highest BCUT2D eigenvalue weighted by molar-refractivity contribution is 9.11. The molecule has 1 heterocycles. The number of epoxide rings is 1. The van der Waals surface area contributed by atoms with Crippen molar-refractivity contribution in [1.29, 1.82) is 0 Å². The molecule has 1 fully saturated rings. The van der Waals surface area contributed by atoms with Crippen molar-refractivity contribution in [3.63, 3.8) is 0 Å². The first kappa shape index (κ1) is 9.33. The van der Waals surface area contributed by atoms with E-state index in [1.807, 2.05) is 0 Å². The predicted molar refractivity (Wildman–Crippen MR) is 47.4 cm³/mol. The van der Waals surface area contributed by atoms with Gasteiger partial charge in [-0.1, -0.05) is 0 Å². The second kappa shape index (κ2) is 2.88. The lowest BCUT2D eigenvalue weighted by molar-refractivity contribution is -0.185. The Balaban J connectivity index is 2.38. The number of hydrogen-bond donors (Lipinski definition) is 0. The highest BCUT2D eigenvalue weighted by Gasteiger charge is 2.63. The van der Waals surface area contributed by atoms with Crippen LogP contribution in [0, 0.1) is 0 Å². The fraction of sp³-hybridized carbons (Fsp3) is 0.625. The number of ketones is 1. The van der Waals surface area contributed by atoms with Crippen molar-refractivity contribution >= 4 is 21.7 Å². The van der Waals surface area contributed by atoms with Crippen molar-refractivity contribution in [3.05, 3.63) is 10.6 Å². The van der Waals surface area contributed by atoms with E-state index < -0.39 is 5.79 Å². The number of carbonyl (C=O) groups excluding carboxylic acids is 1. The van der Waals surface area contributed by atoms with Gasteiger partial charge in [-0.25, -0.2) is 0 Å². The Kier molecular flexibility index (Phi) is 2.07. The molecule has 2 atom stereocenters. The lowest BCUT2D eigenvalue weighted by Crippen LogP contribution is -2.44. The van der Waals surface area contributed by atoms with Gasteiger partial charge in [0.25, 0.3) is 0 Å². The van der Waals surface area contributed by atoms with Gasteiger partial charge in [0.2, 0.25) is 5.79 Å². The van der Waals surface area contributed by atoms with E-state index >= 15 is 0 Å². The molecule has 0 amide bonds. The van der Waals surface area contributed by atoms with Gasteiger partial charge in [-0.2, -0.15) is 0 Å². The fourth-order valence-corrected chi connectivity index (χ4v) is 2.35. The van der Waals surface area contributed by atoms with Crippen LogP contribution in [-0.4, -0.2) is 38.0 Å². The Morgan fingerprint density at radius 2 is 2.15 bits per heavy atom. The molecular weight excluding hydrogens is 240 g/mol. The van der Waals surface area contributed by atoms with E-state index in [0.717, 1.165) is 0 Å². The lowest BCUT2D eigenvalue weighted by atomic mass is 10.0. The number of carbonyl (C=O) groups is 1. The topological polar surface area (TPSA) is 48.1 Å². The SMILES string of the molecule is COC1(OC)C(Br)=CC(=O)C2OC21. The maximum Gasteiger partial charge on any atom is 0.231 e. The maximum atomic E-state index is 11.2. The number of rotatable bonds is 2. The highest BCUT2D eigenvalue weighted by Crippen LogP contribution is 2.46. The third-order valence-corrected chi connectivity index (χ3v) is 3.14. The Labute approximate surface area is 84.0 Å². The van der Waals surface area contributed by atoms with E-state index in [9.17, 15) is 4.79 Å². The van der Waals surface area contributed by atoms with Gasteiger partial charge in [0.1, 0.15) is 0 Å². The summed E-state index contributed by atoms with van der Waals surface area (Å²) in [6.45, 7) is 0. The molecule has 0 bridgehead atoms. The van der Waals surface area contributed by atoms with Crippen LogP contribution in [0.2, 0.25) is 0 Å². The molecule has 2 aliphatic rings. The molecule has 0 aromatic heterocycles. The number of ether oxygens (including phenoxy) is 3. The van der Waals surface area contributed by atoms with Gasteiger partial charge in [-0.3, -0.25) is 4.79 Å². The van der Waals surface area contributed by atoms with Crippen LogP contribution in [0.25, 0.3) is 0 Å². The maximum absolute atomic E-state index is 11.2. The number of methoxy groups -OCH3 is 2. The fourth-order valence-electron chi connectivity index (χ4n) is 1.57. The smallest absolute Gasteiger partial charge is 0.231 e. The van der Waals surface area contributed by atoms with Gasteiger partial charge in [0.05, 0.1) is 4.48 Å². The van der Waals surface area contributed by atoms with Crippen LogP contribution in [-0.2, 0) is 19.0 Å². The summed E-state index contributed by atoms with van der Waals surface area (Å²) in [4.78, 5) is 11.2. The van der Waals surface area contributed by atoms with Gasteiger partial charge in [-0.15, -0.1) is 0 Å². The minimum atomic E-state index is -0.932. The van der Waals surface area contributed by atoms with Crippen molar-refractivity contribution in [2.75, 3.05) is 14.2 Å².